The van der Waals surface area contributed by atoms with E-state index in [-0.39, 0.29) is 0 Å². The van der Waals surface area contributed by atoms with Gasteiger partial charge < -0.3 is 4.74 Å². The van der Waals surface area contributed by atoms with Gasteiger partial charge in [-0.05, 0) is 128 Å². The van der Waals surface area contributed by atoms with Gasteiger partial charge in [-0.2, -0.15) is 0 Å². The lowest BCUT2D eigenvalue weighted by molar-refractivity contribution is -0.103. The summed E-state index contributed by atoms with van der Waals surface area (Å²) in [5.74, 6) is 11.8. The first kappa shape index (κ1) is 22.9. The Kier molecular flexibility index (Phi) is 6.24. The second-order valence-corrected chi connectivity index (χ2v) is 14.3. The molecule has 3 heteroatoms. The van der Waals surface area contributed by atoms with Crippen LogP contribution in [0.3, 0.4) is 0 Å². The van der Waals surface area contributed by atoms with Crippen LogP contribution in [0.25, 0.3) is 0 Å². The molecule has 0 aromatic rings. The van der Waals surface area contributed by atoms with E-state index in [1.807, 2.05) is 0 Å². The fourth-order valence-corrected chi connectivity index (χ4v) is 12.9. The first-order valence-corrected chi connectivity index (χ1v) is 15.9. The maximum atomic E-state index is 11.9. The van der Waals surface area contributed by atoms with E-state index in [0.717, 1.165) is 71.0 Å². The average molecular weight is 487 g/mol. The monoisotopic (exact) mass is 486 g/mol. The summed E-state index contributed by atoms with van der Waals surface area (Å²) in [7, 11) is 0. The van der Waals surface area contributed by atoms with Crippen LogP contribution in [0.5, 0.6) is 0 Å². The maximum Gasteiger partial charge on any atom is 0.403 e. The fraction of sp³-hybridized carbons (Fsp3) is 0.968. The van der Waals surface area contributed by atoms with E-state index in [9.17, 15) is 4.79 Å². The van der Waals surface area contributed by atoms with Crippen LogP contribution in [-0.2, 0) is 4.74 Å². The lowest BCUT2D eigenvalue weighted by atomic mass is 9.46. The van der Waals surface area contributed by atoms with E-state index in [2.05, 4.69) is 0 Å². The standard InChI is InChI=1S/C31H47ClO2/c32-31(33)34-17-26-27-22-13-5-1-9-18(22)20-11-3-7-15-24(20)29(27)30-25-16-8-4-12-21(25)19-10-2-6-14-23(19)28(26)30/h18-30H,1-17H2. The molecule has 0 N–H and O–H groups in total. The predicted octanol–water partition coefficient (Wildman–Crippen LogP) is 8.71. The highest BCUT2D eigenvalue weighted by molar-refractivity contribution is 6.61. The Morgan fingerprint density at radius 3 is 1.12 bits per heavy atom. The first-order chi connectivity index (χ1) is 16.7. The zero-order valence-electron chi connectivity index (χ0n) is 21.2. The van der Waals surface area contributed by atoms with Crippen LogP contribution in [0.4, 0.5) is 4.79 Å². The van der Waals surface area contributed by atoms with Gasteiger partial charge in [-0.25, -0.2) is 4.79 Å². The van der Waals surface area contributed by atoms with Gasteiger partial charge in [0.05, 0.1) is 6.61 Å². The van der Waals surface area contributed by atoms with Crippen LogP contribution in [0.2, 0.25) is 0 Å². The minimum atomic E-state index is -0.557. The fourth-order valence-electron chi connectivity index (χ4n) is 12.9. The molecule has 2 nitrogen and oxygen atoms in total. The first-order valence-electron chi connectivity index (χ1n) is 15.6. The van der Waals surface area contributed by atoms with Crippen molar-refractivity contribution in [2.75, 3.05) is 6.61 Å². The summed E-state index contributed by atoms with van der Waals surface area (Å²) in [4.78, 5) is 11.9. The van der Waals surface area contributed by atoms with E-state index < -0.39 is 5.43 Å². The van der Waals surface area contributed by atoms with Crippen molar-refractivity contribution in [2.24, 2.45) is 76.9 Å². The molecule has 34 heavy (non-hydrogen) atoms. The zero-order valence-corrected chi connectivity index (χ0v) is 22.0. The summed E-state index contributed by atoms with van der Waals surface area (Å²) in [5.41, 5.74) is -0.557. The summed E-state index contributed by atoms with van der Waals surface area (Å²) in [5, 5.41) is 0. The number of carbonyl (C=O) groups is 1. The lowest BCUT2D eigenvalue weighted by Crippen LogP contribution is -2.52. The highest BCUT2D eigenvalue weighted by Crippen LogP contribution is 2.72. The van der Waals surface area contributed by atoms with Gasteiger partial charge in [-0.15, -0.1) is 0 Å². The molecule has 0 bridgehead atoms. The number of halogens is 1. The van der Waals surface area contributed by atoms with Crippen molar-refractivity contribution < 1.29 is 9.53 Å². The molecule has 0 heterocycles. The summed E-state index contributed by atoms with van der Waals surface area (Å²) in [6.45, 7) is 0.631. The number of fused-ring (bicyclic) bond motifs is 13. The van der Waals surface area contributed by atoms with Crippen LogP contribution in [0, 0.1) is 76.9 Å². The van der Waals surface area contributed by atoms with E-state index in [0.29, 0.717) is 12.5 Å². The molecular weight excluding hydrogens is 440 g/mol. The van der Waals surface area contributed by atoms with Crippen molar-refractivity contribution in [1.29, 1.82) is 0 Å². The topological polar surface area (TPSA) is 26.3 Å². The zero-order chi connectivity index (χ0) is 22.8. The van der Waals surface area contributed by atoms with Gasteiger partial charge in [0.15, 0.2) is 0 Å². The van der Waals surface area contributed by atoms with E-state index >= 15 is 0 Å². The predicted molar refractivity (Wildman–Crippen MR) is 136 cm³/mol. The van der Waals surface area contributed by atoms with Gasteiger partial charge >= 0.3 is 5.43 Å². The van der Waals surface area contributed by atoms with Crippen molar-refractivity contribution in [3.8, 4) is 0 Å². The summed E-state index contributed by atoms with van der Waals surface area (Å²) in [6, 6.07) is 0. The molecule has 7 rings (SSSR count). The third kappa shape index (κ3) is 3.49. The smallest absolute Gasteiger partial charge is 0.403 e. The van der Waals surface area contributed by atoms with Gasteiger partial charge in [-0.3, -0.25) is 0 Å². The van der Waals surface area contributed by atoms with Crippen LogP contribution in [-0.4, -0.2) is 12.0 Å². The van der Waals surface area contributed by atoms with Crippen molar-refractivity contribution in [3.63, 3.8) is 0 Å². The number of ether oxygens (including phenoxy) is 1. The van der Waals surface area contributed by atoms with Crippen LogP contribution < -0.4 is 0 Å². The molecule has 0 spiro atoms. The number of hydrogen-bond donors (Lipinski definition) is 0. The Labute approximate surface area is 212 Å². The van der Waals surface area contributed by atoms with Gasteiger partial charge in [0.1, 0.15) is 0 Å². The number of carbonyl (C=O) groups excluding carboxylic acids is 1. The molecule has 0 aromatic heterocycles. The Morgan fingerprint density at radius 1 is 0.500 bits per heavy atom. The van der Waals surface area contributed by atoms with Crippen molar-refractivity contribution in [1.82, 2.24) is 0 Å². The van der Waals surface area contributed by atoms with Gasteiger partial charge in [0.25, 0.3) is 0 Å². The molecule has 0 aliphatic heterocycles. The van der Waals surface area contributed by atoms with Crippen molar-refractivity contribution in [2.45, 2.75) is 103 Å². The molecule has 7 aliphatic rings. The molecule has 0 amide bonds. The van der Waals surface area contributed by atoms with E-state index in [1.165, 1.54) is 103 Å². The maximum absolute atomic E-state index is 11.9. The van der Waals surface area contributed by atoms with Gasteiger partial charge in [-0.1, -0.05) is 51.4 Å². The molecule has 7 fully saturated rings. The molecule has 7 aliphatic carbocycles. The van der Waals surface area contributed by atoms with Crippen LogP contribution >= 0.6 is 11.6 Å². The molecule has 190 valence electrons. The largest absolute Gasteiger partial charge is 0.453 e. The van der Waals surface area contributed by atoms with Gasteiger partial charge in [0.2, 0.25) is 0 Å². The van der Waals surface area contributed by atoms with E-state index in [4.69, 9.17) is 16.3 Å². The summed E-state index contributed by atoms with van der Waals surface area (Å²) >= 11 is 5.84. The SMILES string of the molecule is O=C(Cl)OCC1C2C3CCCCC3C3CCCCC3C2C2C3CCCCC3C3CCCCC3C12. The number of rotatable bonds is 2. The van der Waals surface area contributed by atoms with E-state index in [1.54, 1.807) is 0 Å². The molecular formula is C31H47ClO2. The van der Waals surface area contributed by atoms with Gasteiger partial charge in [0, 0.05) is 11.6 Å². The average Bonchev–Trinajstić information content (AvgIpc) is 3.24. The van der Waals surface area contributed by atoms with Crippen LogP contribution in [0.1, 0.15) is 103 Å². The quantitative estimate of drug-likeness (QED) is 0.364. The molecule has 12 atom stereocenters. The number of hydrogen-bond acceptors (Lipinski definition) is 2. The minimum Gasteiger partial charge on any atom is -0.453 e. The Hall–Kier alpha value is -0.240. The highest BCUT2D eigenvalue weighted by Gasteiger charge is 2.67. The molecule has 12 unspecified atom stereocenters. The summed E-state index contributed by atoms with van der Waals surface area (Å²) < 4.78 is 5.78. The molecule has 7 saturated carbocycles. The van der Waals surface area contributed by atoms with Crippen LogP contribution in [0.15, 0.2) is 0 Å². The normalized spacial score (nSPS) is 53.9. The van der Waals surface area contributed by atoms with Crippen molar-refractivity contribution in [3.05, 3.63) is 0 Å². The molecule has 0 radical (unpaired) electrons. The highest BCUT2D eigenvalue weighted by atomic mass is 35.5. The lowest BCUT2D eigenvalue weighted by Gasteiger charge is -2.59. The second kappa shape index (κ2) is 9.25. The minimum absolute atomic E-state index is 0.557. The Morgan fingerprint density at radius 2 is 0.794 bits per heavy atom. The second-order valence-electron chi connectivity index (χ2n) is 14.0. The third-order valence-corrected chi connectivity index (χ3v) is 13.4. The molecule has 0 saturated heterocycles. The third-order valence-electron chi connectivity index (χ3n) is 13.3. The Balaban J connectivity index is 1.34. The molecule has 0 aromatic carbocycles. The Bertz CT molecular complexity index is 713. The van der Waals surface area contributed by atoms with Crippen molar-refractivity contribution >= 4 is 17.0 Å². The summed E-state index contributed by atoms with van der Waals surface area (Å²) in [6.07, 6.45) is 23.7.